The molecular formula is C19H20O4. The highest BCUT2D eigenvalue weighted by Crippen LogP contribution is 2.24. The highest BCUT2D eigenvalue weighted by Gasteiger charge is 2.15. The van der Waals surface area contributed by atoms with Crippen LogP contribution in [0.15, 0.2) is 42.5 Å². The van der Waals surface area contributed by atoms with Crippen molar-refractivity contribution in [2.75, 3.05) is 13.2 Å². The van der Waals surface area contributed by atoms with E-state index in [0.29, 0.717) is 11.1 Å². The van der Waals surface area contributed by atoms with Gasteiger partial charge in [-0.1, -0.05) is 29.8 Å². The summed E-state index contributed by atoms with van der Waals surface area (Å²) in [6.45, 7) is 6.04. The Kier molecular flexibility index (Phi) is 5.52. The molecule has 0 unspecified atom stereocenters. The van der Waals surface area contributed by atoms with Crippen LogP contribution in [0.2, 0.25) is 0 Å². The molecule has 23 heavy (non-hydrogen) atoms. The molecule has 120 valence electrons. The Morgan fingerprint density at radius 1 is 0.826 bits per heavy atom. The molecule has 2 aromatic rings. The van der Waals surface area contributed by atoms with Crippen molar-refractivity contribution in [1.29, 1.82) is 0 Å². The standard InChI is InChI=1S/C19H20O4/c1-4-22-18(20)16-10-15(14-8-6-7-13(3)9-14)11-17(12-16)19(21)23-5-2/h6-12H,4-5H2,1-3H3. The van der Waals surface area contributed by atoms with Gasteiger partial charge in [0.25, 0.3) is 0 Å². The summed E-state index contributed by atoms with van der Waals surface area (Å²) in [7, 11) is 0. The molecular weight excluding hydrogens is 292 g/mol. The van der Waals surface area contributed by atoms with Crippen LogP contribution in [0.1, 0.15) is 40.1 Å². The first-order chi connectivity index (χ1) is 11.0. The second kappa shape index (κ2) is 7.58. The molecule has 4 nitrogen and oxygen atoms in total. The predicted octanol–water partition coefficient (Wildman–Crippen LogP) is 4.02. The van der Waals surface area contributed by atoms with Gasteiger partial charge in [0.2, 0.25) is 0 Å². The number of carbonyl (C=O) groups excluding carboxylic acids is 2. The molecule has 0 spiro atoms. The van der Waals surface area contributed by atoms with Gasteiger partial charge in [-0.3, -0.25) is 0 Å². The number of hydrogen-bond donors (Lipinski definition) is 0. The van der Waals surface area contributed by atoms with E-state index in [1.165, 1.54) is 6.07 Å². The van der Waals surface area contributed by atoms with Gasteiger partial charge in [-0.2, -0.15) is 0 Å². The summed E-state index contributed by atoms with van der Waals surface area (Å²) >= 11 is 0. The Labute approximate surface area is 136 Å². The van der Waals surface area contributed by atoms with Crippen LogP contribution in [0.25, 0.3) is 11.1 Å². The van der Waals surface area contributed by atoms with Crippen LogP contribution in [0.4, 0.5) is 0 Å². The molecule has 0 aromatic heterocycles. The van der Waals surface area contributed by atoms with Gasteiger partial charge in [-0.25, -0.2) is 9.59 Å². The second-order valence-electron chi connectivity index (χ2n) is 5.11. The van der Waals surface area contributed by atoms with Crippen LogP contribution in [0.3, 0.4) is 0 Å². The van der Waals surface area contributed by atoms with Gasteiger partial charge < -0.3 is 9.47 Å². The monoisotopic (exact) mass is 312 g/mol. The molecule has 0 radical (unpaired) electrons. The molecule has 0 aliphatic heterocycles. The number of benzene rings is 2. The third kappa shape index (κ3) is 4.19. The summed E-state index contributed by atoms with van der Waals surface area (Å²) in [5, 5.41) is 0. The van der Waals surface area contributed by atoms with Gasteiger partial charge >= 0.3 is 11.9 Å². The first-order valence-electron chi connectivity index (χ1n) is 7.61. The minimum absolute atomic E-state index is 0.280. The van der Waals surface area contributed by atoms with Crippen molar-refractivity contribution in [3.63, 3.8) is 0 Å². The quantitative estimate of drug-likeness (QED) is 0.783. The van der Waals surface area contributed by atoms with Gasteiger partial charge in [0.05, 0.1) is 24.3 Å². The first kappa shape index (κ1) is 16.7. The van der Waals surface area contributed by atoms with Crippen LogP contribution in [0, 0.1) is 6.92 Å². The van der Waals surface area contributed by atoms with E-state index in [-0.39, 0.29) is 13.2 Å². The number of ether oxygens (including phenoxy) is 2. The number of aryl methyl sites for hydroxylation is 1. The Balaban J connectivity index is 2.52. The van der Waals surface area contributed by atoms with E-state index in [2.05, 4.69) is 0 Å². The number of rotatable bonds is 5. The summed E-state index contributed by atoms with van der Waals surface area (Å²) in [5.74, 6) is -0.903. The molecule has 0 atom stereocenters. The van der Waals surface area contributed by atoms with E-state index in [0.717, 1.165) is 16.7 Å². The average molecular weight is 312 g/mol. The summed E-state index contributed by atoms with van der Waals surface area (Å²) in [4.78, 5) is 24.1. The third-order valence-corrected chi connectivity index (χ3v) is 3.31. The average Bonchev–Trinajstić information content (AvgIpc) is 2.55. The third-order valence-electron chi connectivity index (χ3n) is 3.31. The van der Waals surface area contributed by atoms with E-state index in [1.807, 2.05) is 31.2 Å². The molecule has 4 heteroatoms. The summed E-state index contributed by atoms with van der Waals surface area (Å²) in [6, 6.07) is 12.8. The summed E-state index contributed by atoms with van der Waals surface area (Å²) in [6.07, 6.45) is 0. The molecule has 0 aliphatic rings. The summed E-state index contributed by atoms with van der Waals surface area (Å²) in [5.41, 5.74) is 3.49. The van der Waals surface area contributed by atoms with E-state index in [1.54, 1.807) is 26.0 Å². The molecule has 0 amide bonds. The fourth-order valence-electron chi connectivity index (χ4n) is 2.28. The van der Waals surface area contributed by atoms with Gasteiger partial charge in [0.15, 0.2) is 0 Å². The molecule has 2 aromatic carbocycles. The number of hydrogen-bond acceptors (Lipinski definition) is 4. The van der Waals surface area contributed by atoms with Crippen LogP contribution in [0.5, 0.6) is 0 Å². The van der Waals surface area contributed by atoms with E-state index in [4.69, 9.17) is 9.47 Å². The van der Waals surface area contributed by atoms with Gasteiger partial charge in [0, 0.05) is 0 Å². The molecule has 0 heterocycles. The molecule has 0 aliphatic carbocycles. The topological polar surface area (TPSA) is 52.6 Å². The Bertz CT molecular complexity index is 683. The zero-order chi connectivity index (χ0) is 16.8. The largest absolute Gasteiger partial charge is 0.462 e. The summed E-state index contributed by atoms with van der Waals surface area (Å²) < 4.78 is 10.1. The predicted molar refractivity (Wildman–Crippen MR) is 88.5 cm³/mol. The minimum atomic E-state index is -0.451. The van der Waals surface area contributed by atoms with Gasteiger partial charge in [-0.15, -0.1) is 0 Å². The fourth-order valence-corrected chi connectivity index (χ4v) is 2.28. The van der Waals surface area contributed by atoms with E-state index < -0.39 is 11.9 Å². The van der Waals surface area contributed by atoms with E-state index in [9.17, 15) is 9.59 Å². The van der Waals surface area contributed by atoms with Crippen molar-refractivity contribution in [3.8, 4) is 11.1 Å². The maximum Gasteiger partial charge on any atom is 0.338 e. The first-order valence-corrected chi connectivity index (χ1v) is 7.61. The molecule has 0 N–H and O–H groups in total. The maximum atomic E-state index is 12.1. The molecule has 2 rings (SSSR count). The van der Waals surface area contributed by atoms with Crippen LogP contribution in [-0.4, -0.2) is 25.2 Å². The lowest BCUT2D eigenvalue weighted by Crippen LogP contribution is -2.09. The van der Waals surface area contributed by atoms with Gasteiger partial charge in [0.1, 0.15) is 0 Å². The van der Waals surface area contributed by atoms with Gasteiger partial charge in [-0.05, 0) is 50.1 Å². The van der Waals surface area contributed by atoms with Crippen LogP contribution >= 0.6 is 0 Å². The van der Waals surface area contributed by atoms with Crippen molar-refractivity contribution >= 4 is 11.9 Å². The number of esters is 2. The normalized spacial score (nSPS) is 10.2. The zero-order valence-electron chi connectivity index (χ0n) is 13.6. The lowest BCUT2D eigenvalue weighted by atomic mass is 9.98. The highest BCUT2D eigenvalue weighted by atomic mass is 16.5. The van der Waals surface area contributed by atoms with Crippen molar-refractivity contribution in [1.82, 2.24) is 0 Å². The fraction of sp³-hybridized carbons (Fsp3) is 0.263. The molecule has 0 bridgehead atoms. The molecule has 0 saturated heterocycles. The SMILES string of the molecule is CCOC(=O)c1cc(C(=O)OCC)cc(-c2cccc(C)c2)c1. The smallest absolute Gasteiger partial charge is 0.338 e. The number of carbonyl (C=O) groups is 2. The minimum Gasteiger partial charge on any atom is -0.462 e. The molecule has 0 fully saturated rings. The lowest BCUT2D eigenvalue weighted by Gasteiger charge is -2.10. The maximum absolute atomic E-state index is 12.1. The van der Waals surface area contributed by atoms with Crippen molar-refractivity contribution < 1.29 is 19.1 Å². The zero-order valence-corrected chi connectivity index (χ0v) is 13.6. The molecule has 0 saturated carbocycles. The van der Waals surface area contributed by atoms with Crippen LogP contribution < -0.4 is 0 Å². The van der Waals surface area contributed by atoms with Crippen molar-refractivity contribution in [2.24, 2.45) is 0 Å². The van der Waals surface area contributed by atoms with Crippen LogP contribution in [-0.2, 0) is 9.47 Å². The van der Waals surface area contributed by atoms with Crippen molar-refractivity contribution in [3.05, 3.63) is 59.2 Å². The Hall–Kier alpha value is -2.62. The Morgan fingerprint density at radius 3 is 1.87 bits per heavy atom. The Morgan fingerprint density at radius 2 is 1.39 bits per heavy atom. The van der Waals surface area contributed by atoms with Crippen molar-refractivity contribution in [2.45, 2.75) is 20.8 Å². The second-order valence-corrected chi connectivity index (χ2v) is 5.11. The van der Waals surface area contributed by atoms with E-state index >= 15 is 0 Å². The lowest BCUT2D eigenvalue weighted by molar-refractivity contribution is 0.0525. The highest BCUT2D eigenvalue weighted by molar-refractivity contribution is 5.97.